The Balaban J connectivity index is 1.63. The number of sulfonamides is 1. The SMILES string of the molecule is CNC(=O)c1c(-c2ccc(F)cc2)oc2ccc(-c3ccc(OC)c(-c4nc5ccc([N+](=O)[O-])cc5o4)c3)c(N(C)S(C)(=O)=O)c12. The molecule has 4 aromatic carbocycles. The van der Waals surface area contributed by atoms with Crippen LogP contribution in [0.2, 0.25) is 0 Å². The van der Waals surface area contributed by atoms with Crippen molar-refractivity contribution >= 4 is 49.4 Å². The molecule has 234 valence electrons. The number of furan rings is 1. The Morgan fingerprint density at radius 2 is 1.70 bits per heavy atom. The normalized spacial score (nSPS) is 11.6. The summed E-state index contributed by atoms with van der Waals surface area (Å²) in [5.41, 5.74) is 2.56. The van der Waals surface area contributed by atoms with Crippen molar-refractivity contribution in [2.75, 3.05) is 31.8 Å². The fraction of sp³-hybridized carbons (Fsp3) is 0.125. The van der Waals surface area contributed by atoms with E-state index in [1.54, 1.807) is 30.3 Å². The Labute approximate surface area is 261 Å². The molecule has 6 rings (SSSR count). The second-order valence-corrected chi connectivity index (χ2v) is 12.3. The summed E-state index contributed by atoms with van der Waals surface area (Å²) in [6, 6.07) is 17.8. The van der Waals surface area contributed by atoms with Crippen LogP contribution in [0, 0.1) is 15.9 Å². The lowest BCUT2D eigenvalue weighted by atomic mass is 9.96. The van der Waals surface area contributed by atoms with Crippen LogP contribution in [0.4, 0.5) is 15.8 Å². The number of methoxy groups -OCH3 is 1. The van der Waals surface area contributed by atoms with Gasteiger partial charge in [-0.25, -0.2) is 17.8 Å². The lowest BCUT2D eigenvalue weighted by Gasteiger charge is -2.22. The van der Waals surface area contributed by atoms with Gasteiger partial charge in [0.25, 0.3) is 11.6 Å². The van der Waals surface area contributed by atoms with Gasteiger partial charge in [0.15, 0.2) is 5.58 Å². The van der Waals surface area contributed by atoms with E-state index < -0.39 is 26.7 Å². The number of ether oxygens (including phenoxy) is 1. The summed E-state index contributed by atoms with van der Waals surface area (Å²) < 4.78 is 58.5. The second-order valence-electron chi connectivity index (χ2n) is 10.3. The van der Waals surface area contributed by atoms with Gasteiger partial charge in [-0.05, 0) is 60.2 Å². The van der Waals surface area contributed by atoms with E-state index >= 15 is 0 Å². The molecule has 12 nitrogen and oxygen atoms in total. The minimum atomic E-state index is -3.89. The van der Waals surface area contributed by atoms with Crippen molar-refractivity contribution in [3.05, 3.63) is 94.3 Å². The van der Waals surface area contributed by atoms with Crippen molar-refractivity contribution in [3.63, 3.8) is 0 Å². The number of non-ortho nitro benzene ring substituents is 1. The lowest BCUT2D eigenvalue weighted by molar-refractivity contribution is -0.384. The van der Waals surface area contributed by atoms with Crippen LogP contribution in [-0.4, -0.2) is 51.7 Å². The number of anilines is 1. The maximum atomic E-state index is 13.8. The Kier molecular flexibility index (Phi) is 7.44. The first-order valence-electron chi connectivity index (χ1n) is 13.7. The third-order valence-electron chi connectivity index (χ3n) is 7.53. The average Bonchev–Trinajstić information content (AvgIpc) is 3.65. The summed E-state index contributed by atoms with van der Waals surface area (Å²) in [5.74, 6) is -0.410. The van der Waals surface area contributed by atoms with Crippen molar-refractivity contribution in [1.82, 2.24) is 10.3 Å². The van der Waals surface area contributed by atoms with E-state index in [9.17, 15) is 27.7 Å². The van der Waals surface area contributed by atoms with Gasteiger partial charge in [-0.15, -0.1) is 0 Å². The van der Waals surface area contributed by atoms with Gasteiger partial charge >= 0.3 is 0 Å². The first-order chi connectivity index (χ1) is 21.9. The van der Waals surface area contributed by atoms with Crippen LogP contribution in [0.5, 0.6) is 5.75 Å². The number of carbonyl (C=O) groups excluding carboxylic acids is 1. The molecule has 0 bridgehead atoms. The van der Waals surface area contributed by atoms with E-state index in [0.717, 1.165) is 10.6 Å². The monoisotopic (exact) mass is 644 g/mol. The number of hydrogen-bond acceptors (Lipinski definition) is 9. The lowest BCUT2D eigenvalue weighted by Crippen LogP contribution is -2.26. The molecule has 0 aliphatic rings. The molecule has 2 heterocycles. The number of aromatic nitrogens is 1. The molecule has 0 atom stereocenters. The van der Waals surface area contributed by atoms with Gasteiger partial charge in [0.1, 0.15) is 28.4 Å². The number of nitro benzene ring substituents is 1. The summed E-state index contributed by atoms with van der Waals surface area (Å²) in [6.45, 7) is 0. The van der Waals surface area contributed by atoms with Crippen LogP contribution in [0.15, 0.2) is 81.6 Å². The quantitative estimate of drug-likeness (QED) is 0.146. The fourth-order valence-corrected chi connectivity index (χ4v) is 5.75. The van der Waals surface area contributed by atoms with E-state index in [4.69, 9.17) is 13.6 Å². The third kappa shape index (κ3) is 5.17. The summed E-state index contributed by atoms with van der Waals surface area (Å²) in [5, 5.41) is 14.1. The Morgan fingerprint density at radius 3 is 2.35 bits per heavy atom. The van der Waals surface area contributed by atoms with Crippen molar-refractivity contribution in [3.8, 4) is 39.7 Å². The summed E-state index contributed by atoms with van der Waals surface area (Å²) in [6.07, 6.45) is 1.03. The Morgan fingerprint density at radius 1 is 0.978 bits per heavy atom. The van der Waals surface area contributed by atoms with Crippen molar-refractivity contribution in [1.29, 1.82) is 0 Å². The van der Waals surface area contributed by atoms with Gasteiger partial charge in [0.05, 0.1) is 46.6 Å². The molecule has 0 aliphatic carbocycles. The molecule has 46 heavy (non-hydrogen) atoms. The Hall–Kier alpha value is -5.76. The molecule has 0 saturated carbocycles. The number of fused-ring (bicyclic) bond motifs is 2. The van der Waals surface area contributed by atoms with Crippen molar-refractivity contribution < 1.29 is 36.1 Å². The van der Waals surface area contributed by atoms with Gasteiger partial charge in [-0.3, -0.25) is 19.2 Å². The third-order valence-corrected chi connectivity index (χ3v) is 8.70. The van der Waals surface area contributed by atoms with Crippen LogP contribution in [0.1, 0.15) is 10.4 Å². The molecule has 6 aromatic rings. The molecule has 0 fully saturated rings. The number of amides is 1. The highest BCUT2D eigenvalue weighted by Gasteiger charge is 2.30. The van der Waals surface area contributed by atoms with Crippen LogP contribution in [0.3, 0.4) is 0 Å². The molecule has 2 aromatic heterocycles. The molecular formula is C32H25FN4O8S. The molecule has 0 radical (unpaired) electrons. The van der Waals surface area contributed by atoms with Crippen LogP contribution in [0.25, 0.3) is 56.0 Å². The molecule has 0 saturated heterocycles. The van der Waals surface area contributed by atoms with Crippen molar-refractivity contribution in [2.24, 2.45) is 0 Å². The summed E-state index contributed by atoms with van der Waals surface area (Å²) in [7, 11) is 0.365. The fourth-order valence-electron chi connectivity index (χ4n) is 5.23. The number of halogens is 1. The van der Waals surface area contributed by atoms with E-state index in [2.05, 4.69) is 10.3 Å². The van der Waals surface area contributed by atoms with Crippen LogP contribution >= 0.6 is 0 Å². The van der Waals surface area contributed by atoms with Crippen LogP contribution < -0.4 is 14.4 Å². The highest BCUT2D eigenvalue weighted by molar-refractivity contribution is 7.92. The molecule has 0 unspecified atom stereocenters. The predicted molar refractivity (Wildman–Crippen MR) is 170 cm³/mol. The highest BCUT2D eigenvalue weighted by Crippen LogP contribution is 2.46. The largest absolute Gasteiger partial charge is 0.496 e. The van der Waals surface area contributed by atoms with Gasteiger partial charge in [0, 0.05) is 31.3 Å². The maximum Gasteiger partial charge on any atom is 0.273 e. The minimum Gasteiger partial charge on any atom is -0.496 e. The van der Waals surface area contributed by atoms with E-state index in [0.29, 0.717) is 33.5 Å². The van der Waals surface area contributed by atoms with Crippen LogP contribution in [-0.2, 0) is 10.0 Å². The number of nitrogens with zero attached hydrogens (tertiary/aromatic N) is 3. The molecule has 1 amide bonds. The Bertz CT molecular complexity index is 2300. The number of nitrogens with one attached hydrogen (secondary N) is 1. The molecule has 1 N–H and O–H groups in total. The van der Waals surface area contributed by atoms with E-state index in [1.165, 1.54) is 63.7 Å². The number of benzene rings is 4. The van der Waals surface area contributed by atoms with E-state index in [-0.39, 0.29) is 45.1 Å². The number of rotatable bonds is 8. The predicted octanol–water partition coefficient (Wildman–Crippen LogP) is 6.39. The van der Waals surface area contributed by atoms with Crippen molar-refractivity contribution in [2.45, 2.75) is 0 Å². The zero-order valence-corrected chi connectivity index (χ0v) is 25.6. The molecule has 14 heteroatoms. The van der Waals surface area contributed by atoms with Gasteiger partial charge < -0.3 is 18.9 Å². The minimum absolute atomic E-state index is 0.0609. The van der Waals surface area contributed by atoms with Gasteiger partial charge in [-0.2, -0.15) is 0 Å². The standard InChI is InChI=1S/C32H25FN4O8S/c1-34-31(38)28-27-25(44-30(28)17-5-8-19(33)9-6-17)14-11-21(29(27)36(2)46(4,41)42)18-7-13-24(43-3)22(15-18)32-35-23-12-10-20(37(39)40)16-26(23)45-32/h5-16H,1-4H3,(H,34,38). The smallest absolute Gasteiger partial charge is 0.273 e. The zero-order valence-electron chi connectivity index (χ0n) is 24.8. The number of oxazole rings is 1. The summed E-state index contributed by atoms with van der Waals surface area (Å²) in [4.78, 5) is 28.6. The number of nitro groups is 1. The van der Waals surface area contributed by atoms with Gasteiger partial charge in [0.2, 0.25) is 15.9 Å². The number of hydrogen-bond donors (Lipinski definition) is 1. The molecule has 0 spiro atoms. The first kappa shape index (κ1) is 30.3. The maximum absolute atomic E-state index is 13.8. The topological polar surface area (TPSA) is 158 Å². The first-order valence-corrected chi connectivity index (χ1v) is 15.5. The van der Waals surface area contributed by atoms with E-state index in [1.807, 2.05) is 0 Å². The number of carbonyl (C=O) groups is 1. The zero-order chi connectivity index (χ0) is 32.9. The highest BCUT2D eigenvalue weighted by atomic mass is 32.2. The summed E-state index contributed by atoms with van der Waals surface area (Å²) >= 11 is 0. The molecular weight excluding hydrogens is 619 g/mol. The second kappa shape index (κ2) is 11.3. The average molecular weight is 645 g/mol. The molecule has 0 aliphatic heterocycles. The van der Waals surface area contributed by atoms with Gasteiger partial charge in [-0.1, -0.05) is 6.07 Å².